The second-order valence-electron chi connectivity index (χ2n) is 5.52. The average Bonchev–Trinajstić information content (AvgIpc) is 3.06. The molecular formula is C17H13ClN2OS. The van der Waals surface area contributed by atoms with E-state index in [4.69, 9.17) is 11.6 Å². The Kier molecular flexibility index (Phi) is 2.99. The summed E-state index contributed by atoms with van der Waals surface area (Å²) in [5, 5.41) is 0.663. The van der Waals surface area contributed by atoms with Gasteiger partial charge in [-0.25, -0.2) is 4.98 Å². The lowest BCUT2D eigenvalue weighted by Gasteiger charge is -1.97. The molecule has 0 bridgehead atoms. The smallest absolute Gasteiger partial charge is 0.194 e. The molecule has 22 heavy (non-hydrogen) atoms. The van der Waals surface area contributed by atoms with E-state index >= 15 is 0 Å². The normalized spacial score (nSPS) is 16.0. The molecule has 0 spiro atoms. The molecule has 3 nitrogen and oxygen atoms in total. The first kappa shape index (κ1) is 13.7. The molecule has 0 fully saturated rings. The molecule has 0 N–H and O–H groups in total. The number of Topliss-reactive ketones (excluding diaryl/α,β-unsaturated/α-hetero) is 1. The Bertz CT molecular complexity index is 965. The number of hydrogen-bond donors (Lipinski definition) is 0. The zero-order chi connectivity index (χ0) is 15.4. The van der Waals surface area contributed by atoms with Gasteiger partial charge in [-0.15, -0.1) is 11.3 Å². The van der Waals surface area contributed by atoms with Crippen LogP contribution in [-0.4, -0.2) is 15.2 Å². The number of halogens is 1. The van der Waals surface area contributed by atoms with Gasteiger partial charge in [0.1, 0.15) is 0 Å². The summed E-state index contributed by atoms with van der Waals surface area (Å²) in [4.78, 5) is 19.3. The van der Waals surface area contributed by atoms with Gasteiger partial charge in [0.25, 0.3) is 0 Å². The van der Waals surface area contributed by atoms with Crippen LogP contribution in [0.4, 0.5) is 0 Å². The van der Waals surface area contributed by atoms with E-state index in [0.717, 1.165) is 33.0 Å². The van der Waals surface area contributed by atoms with E-state index in [2.05, 4.69) is 22.5 Å². The van der Waals surface area contributed by atoms with E-state index in [-0.39, 0.29) is 5.78 Å². The number of rotatable bonds is 1. The molecule has 3 aromatic rings. The van der Waals surface area contributed by atoms with Gasteiger partial charge in [0, 0.05) is 33.7 Å². The molecular weight excluding hydrogens is 316 g/mol. The molecule has 1 aliphatic rings. The van der Waals surface area contributed by atoms with Crippen LogP contribution in [-0.2, 0) is 6.42 Å². The number of aryl methyl sites for hydroxylation is 2. The number of hydrogen-bond acceptors (Lipinski definition) is 3. The molecule has 0 amide bonds. The van der Waals surface area contributed by atoms with Crippen molar-refractivity contribution in [1.82, 2.24) is 9.38 Å². The zero-order valence-corrected chi connectivity index (χ0v) is 13.8. The van der Waals surface area contributed by atoms with E-state index in [0.29, 0.717) is 11.4 Å². The second-order valence-corrected chi connectivity index (χ2v) is 7.14. The van der Waals surface area contributed by atoms with E-state index in [1.165, 1.54) is 4.88 Å². The van der Waals surface area contributed by atoms with Crippen molar-refractivity contribution >= 4 is 39.8 Å². The largest absolute Gasteiger partial charge is 0.290 e. The summed E-state index contributed by atoms with van der Waals surface area (Å²) in [5.74, 6) is 0.0683. The highest BCUT2D eigenvalue weighted by Crippen LogP contribution is 2.33. The summed E-state index contributed by atoms with van der Waals surface area (Å²) in [7, 11) is 0. The Morgan fingerprint density at radius 2 is 2.18 bits per heavy atom. The van der Waals surface area contributed by atoms with Crippen LogP contribution in [0.15, 0.2) is 30.0 Å². The number of allylic oxidation sites excluding steroid dienone is 1. The van der Waals surface area contributed by atoms with Gasteiger partial charge >= 0.3 is 0 Å². The van der Waals surface area contributed by atoms with Crippen molar-refractivity contribution in [3.8, 4) is 0 Å². The van der Waals surface area contributed by atoms with Gasteiger partial charge in [-0.05, 0) is 31.6 Å². The summed E-state index contributed by atoms with van der Waals surface area (Å²) < 4.78 is 2.06. The molecule has 0 saturated carbocycles. The highest BCUT2D eigenvalue weighted by atomic mass is 35.5. The highest BCUT2D eigenvalue weighted by molar-refractivity contribution is 7.17. The van der Waals surface area contributed by atoms with Crippen molar-refractivity contribution < 1.29 is 4.79 Å². The first-order chi connectivity index (χ1) is 10.5. The number of aromatic nitrogens is 2. The maximum atomic E-state index is 12.6. The van der Waals surface area contributed by atoms with Crippen molar-refractivity contribution in [2.45, 2.75) is 20.3 Å². The Hall–Kier alpha value is -1.91. The van der Waals surface area contributed by atoms with Gasteiger partial charge in [0.15, 0.2) is 10.7 Å². The first-order valence-electron chi connectivity index (χ1n) is 7.02. The van der Waals surface area contributed by atoms with Crippen LogP contribution in [0.1, 0.15) is 32.2 Å². The summed E-state index contributed by atoms with van der Waals surface area (Å²) in [6.45, 7) is 4.03. The predicted molar refractivity (Wildman–Crippen MR) is 90.0 cm³/mol. The molecule has 1 aliphatic carbocycles. The number of fused-ring (bicyclic) bond motifs is 2. The molecule has 0 saturated heterocycles. The quantitative estimate of drug-likeness (QED) is 0.617. The standard InChI is InChI=1S/C17H13ClN2OS/c1-9-8-20-15(10(2)19-17(20)22-9)7-11-6-13-12(16(11)21)4-3-5-14(13)18/h3-5,7-8H,6H2,1-2H3. The van der Waals surface area contributed by atoms with Crippen LogP contribution in [0, 0.1) is 13.8 Å². The minimum Gasteiger partial charge on any atom is -0.290 e. The maximum Gasteiger partial charge on any atom is 0.194 e. The minimum atomic E-state index is 0.0683. The van der Waals surface area contributed by atoms with Gasteiger partial charge < -0.3 is 0 Å². The lowest BCUT2D eigenvalue weighted by atomic mass is 10.1. The monoisotopic (exact) mass is 328 g/mol. The fraction of sp³-hybridized carbons (Fsp3) is 0.176. The Morgan fingerprint density at radius 3 is 2.95 bits per heavy atom. The van der Waals surface area contributed by atoms with E-state index in [1.807, 2.05) is 31.2 Å². The molecule has 0 aliphatic heterocycles. The third-order valence-corrected chi connectivity index (χ3v) is 5.25. The molecule has 4 rings (SSSR count). The molecule has 2 aromatic heterocycles. The van der Waals surface area contributed by atoms with Crippen molar-refractivity contribution in [1.29, 1.82) is 0 Å². The fourth-order valence-corrected chi connectivity index (χ4v) is 4.05. The third-order valence-electron chi connectivity index (χ3n) is 4.00. The molecule has 0 atom stereocenters. The molecule has 1 aromatic carbocycles. The average molecular weight is 329 g/mol. The number of carbonyl (C=O) groups excluding carboxylic acids is 1. The number of ketones is 1. The summed E-state index contributed by atoms with van der Waals surface area (Å²) >= 11 is 7.87. The van der Waals surface area contributed by atoms with Crippen LogP contribution in [0.25, 0.3) is 11.0 Å². The maximum absolute atomic E-state index is 12.6. The van der Waals surface area contributed by atoms with E-state index in [1.54, 1.807) is 11.3 Å². The number of benzene rings is 1. The first-order valence-corrected chi connectivity index (χ1v) is 8.22. The van der Waals surface area contributed by atoms with Crippen molar-refractivity contribution in [2.24, 2.45) is 0 Å². The molecule has 2 heterocycles. The van der Waals surface area contributed by atoms with Gasteiger partial charge in [-0.1, -0.05) is 23.7 Å². The van der Waals surface area contributed by atoms with Crippen molar-refractivity contribution in [2.75, 3.05) is 0 Å². The summed E-state index contributed by atoms with van der Waals surface area (Å²) in [6.07, 6.45) is 4.61. The highest BCUT2D eigenvalue weighted by Gasteiger charge is 2.27. The van der Waals surface area contributed by atoms with Gasteiger partial charge in [0.05, 0.1) is 11.4 Å². The molecule has 110 valence electrons. The number of carbonyl (C=O) groups is 1. The minimum absolute atomic E-state index is 0.0683. The van der Waals surface area contributed by atoms with Crippen LogP contribution in [0.5, 0.6) is 0 Å². The Balaban J connectivity index is 1.85. The van der Waals surface area contributed by atoms with E-state index in [9.17, 15) is 4.79 Å². The van der Waals surface area contributed by atoms with Gasteiger partial charge in [-0.2, -0.15) is 0 Å². The van der Waals surface area contributed by atoms with Crippen LogP contribution >= 0.6 is 22.9 Å². The van der Waals surface area contributed by atoms with Crippen LogP contribution < -0.4 is 0 Å². The fourth-order valence-electron chi connectivity index (χ4n) is 2.93. The van der Waals surface area contributed by atoms with E-state index < -0.39 is 0 Å². The summed E-state index contributed by atoms with van der Waals surface area (Å²) in [6, 6.07) is 5.51. The third kappa shape index (κ3) is 1.95. The number of nitrogens with zero attached hydrogens (tertiary/aromatic N) is 2. The van der Waals surface area contributed by atoms with Gasteiger partial charge in [0.2, 0.25) is 0 Å². The van der Waals surface area contributed by atoms with Crippen LogP contribution in [0.3, 0.4) is 0 Å². The number of thiazole rings is 1. The number of imidazole rings is 1. The van der Waals surface area contributed by atoms with Crippen molar-refractivity contribution in [3.63, 3.8) is 0 Å². The van der Waals surface area contributed by atoms with Crippen LogP contribution in [0.2, 0.25) is 5.02 Å². The SMILES string of the molecule is Cc1cn2c(C=C3Cc4c(Cl)cccc4C3=O)c(C)nc2s1. The second kappa shape index (κ2) is 4.80. The molecule has 5 heteroatoms. The Morgan fingerprint density at radius 1 is 1.36 bits per heavy atom. The lowest BCUT2D eigenvalue weighted by Crippen LogP contribution is -1.96. The Labute approximate surface area is 136 Å². The topological polar surface area (TPSA) is 34.4 Å². The lowest BCUT2D eigenvalue weighted by molar-refractivity contribution is 0.104. The summed E-state index contributed by atoms with van der Waals surface area (Å²) in [5.41, 5.74) is 4.34. The molecule has 0 radical (unpaired) electrons. The van der Waals surface area contributed by atoms with Gasteiger partial charge in [-0.3, -0.25) is 9.20 Å². The predicted octanol–water partition coefficient (Wildman–Crippen LogP) is 4.49. The zero-order valence-electron chi connectivity index (χ0n) is 12.2. The molecule has 0 unspecified atom stereocenters. The van der Waals surface area contributed by atoms with Crippen molar-refractivity contribution in [3.05, 3.63) is 62.4 Å².